The second-order valence-corrected chi connectivity index (χ2v) is 4.85. The van der Waals surface area contributed by atoms with Crippen molar-refractivity contribution in [3.05, 3.63) is 42.2 Å². The van der Waals surface area contributed by atoms with Gasteiger partial charge in [-0.3, -0.25) is 0 Å². The molecule has 2 N–H and O–H groups in total. The second kappa shape index (κ2) is 7.14. The van der Waals surface area contributed by atoms with E-state index in [1.54, 1.807) is 6.33 Å². The summed E-state index contributed by atoms with van der Waals surface area (Å²) in [5.74, 6) is 1.00. The van der Waals surface area contributed by atoms with Gasteiger partial charge in [0.25, 0.3) is 0 Å². The first-order valence-electron chi connectivity index (χ1n) is 6.70. The SMILES string of the molecule is CC(NCC(O)COc1ccc(F)cc1)c1nncn1C. The predicted molar refractivity (Wildman–Crippen MR) is 75.3 cm³/mol. The van der Waals surface area contributed by atoms with E-state index in [2.05, 4.69) is 15.5 Å². The first-order chi connectivity index (χ1) is 10.1. The summed E-state index contributed by atoms with van der Waals surface area (Å²) < 4.78 is 19.9. The average Bonchev–Trinajstić information content (AvgIpc) is 2.90. The summed E-state index contributed by atoms with van der Waals surface area (Å²) in [5, 5.41) is 20.8. The number of halogens is 1. The molecule has 0 aliphatic heterocycles. The Morgan fingerprint density at radius 3 is 2.71 bits per heavy atom. The van der Waals surface area contributed by atoms with Crippen LogP contribution in [0.25, 0.3) is 0 Å². The lowest BCUT2D eigenvalue weighted by Crippen LogP contribution is -2.33. The summed E-state index contributed by atoms with van der Waals surface area (Å²) in [6, 6.07) is 5.65. The van der Waals surface area contributed by atoms with Crippen molar-refractivity contribution in [2.75, 3.05) is 13.2 Å². The van der Waals surface area contributed by atoms with E-state index in [1.165, 1.54) is 24.3 Å². The van der Waals surface area contributed by atoms with Crippen LogP contribution in [0, 0.1) is 5.82 Å². The first kappa shape index (κ1) is 15.4. The Balaban J connectivity index is 1.73. The molecule has 0 amide bonds. The summed E-state index contributed by atoms with van der Waals surface area (Å²) in [4.78, 5) is 0. The van der Waals surface area contributed by atoms with E-state index in [0.717, 1.165) is 5.82 Å². The van der Waals surface area contributed by atoms with Crippen LogP contribution in [0.3, 0.4) is 0 Å². The van der Waals surface area contributed by atoms with Gasteiger partial charge in [-0.15, -0.1) is 10.2 Å². The van der Waals surface area contributed by atoms with E-state index < -0.39 is 6.10 Å². The lowest BCUT2D eigenvalue weighted by atomic mass is 10.3. The Labute approximate surface area is 122 Å². The maximum Gasteiger partial charge on any atom is 0.149 e. The van der Waals surface area contributed by atoms with Crippen molar-refractivity contribution in [1.29, 1.82) is 0 Å². The van der Waals surface area contributed by atoms with Crippen LogP contribution in [0.2, 0.25) is 0 Å². The van der Waals surface area contributed by atoms with Crippen LogP contribution in [-0.4, -0.2) is 39.1 Å². The molecule has 21 heavy (non-hydrogen) atoms. The highest BCUT2D eigenvalue weighted by molar-refractivity contribution is 5.22. The van der Waals surface area contributed by atoms with Gasteiger partial charge < -0.3 is 19.7 Å². The minimum Gasteiger partial charge on any atom is -0.491 e. The van der Waals surface area contributed by atoms with E-state index in [0.29, 0.717) is 12.3 Å². The first-order valence-corrected chi connectivity index (χ1v) is 6.70. The molecule has 6 nitrogen and oxygen atoms in total. The summed E-state index contributed by atoms with van der Waals surface area (Å²) in [7, 11) is 1.86. The Kier molecular flexibility index (Phi) is 5.24. The lowest BCUT2D eigenvalue weighted by molar-refractivity contribution is 0.104. The molecule has 0 saturated heterocycles. The van der Waals surface area contributed by atoms with E-state index in [-0.39, 0.29) is 18.5 Å². The average molecular weight is 294 g/mol. The number of aryl methyl sites for hydroxylation is 1. The van der Waals surface area contributed by atoms with E-state index in [9.17, 15) is 9.50 Å². The molecular formula is C14H19FN4O2. The van der Waals surface area contributed by atoms with Crippen molar-refractivity contribution in [2.24, 2.45) is 7.05 Å². The molecule has 0 saturated carbocycles. The van der Waals surface area contributed by atoms with Crippen molar-refractivity contribution in [1.82, 2.24) is 20.1 Å². The maximum atomic E-state index is 12.7. The molecule has 2 aromatic rings. The van der Waals surface area contributed by atoms with Gasteiger partial charge in [0, 0.05) is 13.6 Å². The van der Waals surface area contributed by atoms with Gasteiger partial charge in [0.1, 0.15) is 36.4 Å². The molecule has 0 bridgehead atoms. The van der Waals surface area contributed by atoms with Gasteiger partial charge in [-0.05, 0) is 31.2 Å². The number of nitrogens with one attached hydrogen (secondary N) is 1. The number of aliphatic hydroxyl groups excluding tert-OH is 1. The molecule has 0 radical (unpaired) electrons. The Hall–Kier alpha value is -1.99. The number of ether oxygens (including phenoxy) is 1. The summed E-state index contributed by atoms with van der Waals surface area (Å²) >= 11 is 0. The van der Waals surface area contributed by atoms with Gasteiger partial charge in [-0.1, -0.05) is 0 Å². The largest absolute Gasteiger partial charge is 0.491 e. The van der Waals surface area contributed by atoms with E-state index >= 15 is 0 Å². The van der Waals surface area contributed by atoms with Crippen molar-refractivity contribution in [2.45, 2.75) is 19.1 Å². The molecule has 2 unspecified atom stereocenters. The quantitative estimate of drug-likeness (QED) is 0.798. The van der Waals surface area contributed by atoms with Crippen LogP contribution in [0.5, 0.6) is 5.75 Å². The smallest absolute Gasteiger partial charge is 0.149 e. The monoisotopic (exact) mass is 294 g/mol. The minimum atomic E-state index is -0.675. The second-order valence-electron chi connectivity index (χ2n) is 4.85. The van der Waals surface area contributed by atoms with Crippen molar-refractivity contribution in [3.8, 4) is 5.75 Å². The Morgan fingerprint density at radius 2 is 2.10 bits per heavy atom. The predicted octanol–water partition coefficient (Wildman–Crippen LogP) is 1.04. The number of hydrogen-bond donors (Lipinski definition) is 2. The van der Waals surface area contributed by atoms with Crippen molar-refractivity contribution < 1.29 is 14.2 Å². The Bertz CT molecular complexity index is 558. The maximum absolute atomic E-state index is 12.7. The molecule has 2 atom stereocenters. The highest BCUT2D eigenvalue weighted by atomic mass is 19.1. The molecule has 7 heteroatoms. The fourth-order valence-corrected chi connectivity index (χ4v) is 1.87. The lowest BCUT2D eigenvalue weighted by Gasteiger charge is -2.17. The molecule has 0 fully saturated rings. The standard InChI is InChI=1S/C14H19FN4O2/c1-10(14-18-17-9-19(14)2)16-7-12(20)8-21-13-5-3-11(15)4-6-13/h3-6,9-10,12,16,20H,7-8H2,1-2H3. The van der Waals surface area contributed by atoms with Gasteiger partial charge in [-0.2, -0.15) is 0 Å². The van der Waals surface area contributed by atoms with Crippen molar-refractivity contribution in [3.63, 3.8) is 0 Å². The number of rotatable bonds is 7. The minimum absolute atomic E-state index is 0.0297. The normalized spacial score (nSPS) is 13.9. The van der Waals surface area contributed by atoms with Gasteiger partial charge in [0.05, 0.1) is 6.04 Å². The molecule has 0 aliphatic carbocycles. The Morgan fingerprint density at radius 1 is 1.38 bits per heavy atom. The third-order valence-corrected chi connectivity index (χ3v) is 3.05. The van der Waals surface area contributed by atoms with E-state index in [4.69, 9.17) is 4.74 Å². The van der Waals surface area contributed by atoms with Crippen LogP contribution in [0.15, 0.2) is 30.6 Å². The molecule has 1 heterocycles. The molecule has 1 aromatic carbocycles. The summed E-state index contributed by atoms with van der Waals surface area (Å²) in [6.45, 7) is 2.43. The molecule has 114 valence electrons. The van der Waals surface area contributed by atoms with E-state index in [1.807, 2.05) is 18.5 Å². The van der Waals surface area contributed by atoms with Gasteiger partial charge >= 0.3 is 0 Å². The van der Waals surface area contributed by atoms with Crippen LogP contribution in [-0.2, 0) is 7.05 Å². The third kappa shape index (κ3) is 4.51. The number of aliphatic hydroxyl groups is 1. The topological polar surface area (TPSA) is 72.2 Å². The van der Waals surface area contributed by atoms with Crippen LogP contribution in [0.4, 0.5) is 4.39 Å². The summed E-state index contributed by atoms with van der Waals surface area (Å²) in [5.41, 5.74) is 0. The molecular weight excluding hydrogens is 275 g/mol. The fraction of sp³-hybridized carbons (Fsp3) is 0.429. The third-order valence-electron chi connectivity index (χ3n) is 3.05. The van der Waals surface area contributed by atoms with Crippen molar-refractivity contribution >= 4 is 0 Å². The number of aromatic nitrogens is 3. The summed E-state index contributed by atoms with van der Waals surface area (Å²) in [6.07, 6.45) is 0.951. The number of benzene rings is 1. The van der Waals surface area contributed by atoms with Gasteiger partial charge in [-0.25, -0.2) is 4.39 Å². The van der Waals surface area contributed by atoms with Gasteiger partial charge in [0.2, 0.25) is 0 Å². The zero-order valence-corrected chi connectivity index (χ0v) is 12.0. The zero-order chi connectivity index (χ0) is 15.2. The fourth-order valence-electron chi connectivity index (χ4n) is 1.87. The van der Waals surface area contributed by atoms with Crippen LogP contribution < -0.4 is 10.1 Å². The molecule has 0 aliphatic rings. The molecule has 1 aromatic heterocycles. The molecule has 2 rings (SSSR count). The van der Waals surface area contributed by atoms with Crippen LogP contribution in [0.1, 0.15) is 18.8 Å². The van der Waals surface area contributed by atoms with Crippen LogP contribution >= 0.6 is 0 Å². The molecule has 0 spiro atoms. The number of hydrogen-bond acceptors (Lipinski definition) is 5. The zero-order valence-electron chi connectivity index (χ0n) is 12.0. The van der Waals surface area contributed by atoms with Gasteiger partial charge in [0.15, 0.2) is 0 Å². The highest BCUT2D eigenvalue weighted by Crippen LogP contribution is 2.11. The highest BCUT2D eigenvalue weighted by Gasteiger charge is 2.13. The number of nitrogens with zero attached hydrogens (tertiary/aromatic N) is 3.